The number of amides is 2. The lowest BCUT2D eigenvalue weighted by Gasteiger charge is -2.26. The van der Waals surface area contributed by atoms with Crippen LogP contribution in [0.3, 0.4) is 0 Å². The number of aliphatic hydroxyl groups excluding tert-OH is 1. The molecule has 1 fully saturated rings. The predicted molar refractivity (Wildman–Crippen MR) is 106 cm³/mol. The highest BCUT2D eigenvalue weighted by Crippen LogP contribution is 2.22. The van der Waals surface area contributed by atoms with Crippen molar-refractivity contribution in [2.24, 2.45) is 0 Å². The highest BCUT2D eigenvalue weighted by molar-refractivity contribution is 5.98. The Hall–Kier alpha value is -2.67. The van der Waals surface area contributed by atoms with Gasteiger partial charge in [0.2, 0.25) is 0 Å². The number of hydrogen-bond acceptors (Lipinski definition) is 4. The van der Waals surface area contributed by atoms with Gasteiger partial charge in [-0.05, 0) is 45.1 Å². The molecular formula is C21H28N4O3. The van der Waals surface area contributed by atoms with E-state index >= 15 is 0 Å². The first-order chi connectivity index (χ1) is 13.5. The number of benzene rings is 1. The van der Waals surface area contributed by atoms with Crippen LogP contribution in [0.2, 0.25) is 0 Å². The average Bonchev–Trinajstić information content (AvgIpc) is 3.16. The Labute approximate surface area is 165 Å². The summed E-state index contributed by atoms with van der Waals surface area (Å²) in [6, 6.07) is 11.1. The molecule has 1 atom stereocenters. The Morgan fingerprint density at radius 2 is 1.86 bits per heavy atom. The summed E-state index contributed by atoms with van der Waals surface area (Å²) in [5, 5.41) is 19.9. The summed E-state index contributed by atoms with van der Waals surface area (Å²) in [5.74, 6) is -0.538. The maximum Gasteiger partial charge on any atom is 0.271 e. The minimum absolute atomic E-state index is 0.0270. The van der Waals surface area contributed by atoms with Crippen LogP contribution in [0.1, 0.15) is 72.1 Å². The van der Waals surface area contributed by atoms with Crippen LogP contribution in [0.15, 0.2) is 36.4 Å². The van der Waals surface area contributed by atoms with Crippen molar-refractivity contribution in [2.45, 2.75) is 57.7 Å². The molecule has 1 aliphatic carbocycles. The van der Waals surface area contributed by atoms with Crippen molar-refractivity contribution < 1.29 is 14.7 Å². The number of aliphatic hydroxyl groups is 1. The molecule has 1 aromatic carbocycles. The van der Waals surface area contributed by atoms with Crippen molar-refractivity contribution in [1.29, 1.82) is 0 Å². The minimum atomic E-state index is -0.295. The quantitative estimate of drug-likeness (QED) is 0.712. The van der Waals surface area contributed by atoms with Gasteiger partial charge in [0.05, 0.1) is 12.1 Å². The van der Waals surface area contributed by atoms with Crippen molar-refractivity contribution >= 4 is 11.8 Å². The molecule has 1 aliphatic rings. The van der Waals surface area contributed by atoms with Crippen LogP contribution < -0.4 is 10.6 Å². The van der Waals surface area contributed by atoms with Crippen molar-refractivity contribution in [3.8, 4) is 0 Å². The van der Waals surface area contributed by atoms with E-state index in [0.717, 1.165) is 18.4 Å². The second-order valence-electron chi connectivity index (χ2n) is 7.28. The van der Waals surface area contributed by atoms with Gasteiger partial charge in [-0.15, -0.1) is 0 Å². The molecular weight excluding hydrogens is 356 g/mol. The number of carbonyl (C=O) groups excluding carboxylic acids is 2. The van der Waals surface area contributed by atoms with E-state index in [-0.39, 0.29) is 35.7 Å². The van der Waals surface area contributed by atoms with Crippen LogP contribution in [0.5, 0.6) is 0 Å². The molecule has 0 saturated heterocycles. The molecule has 2 aromatic rings. The Morgan fingerprint density at radius 1 is 1.18 bits per heavy atom. The van der Waals surface area contributed by atoms with Gasteiger partial charge >= 0.3 is 0 Å². The number of nitrogens with one attached hydrogen (secondary N) is 2. The zero-order chi connectivity index (χ0) is 20.1. The first-order valence-electron chi connectivity index (χ1n) is 9.91. The molecule has 1 saturated carbocycles. The zero-order valence-electron chi connectivity index (χ0n) is 16.4. The smallest absolute Gasteiger partial charge is 0.271 e. The van der Waals surface area contributed by atoms with Gasteiger partial charge in [-0.2, -0.15) is 5.10 Å². The standard InChI is InChI=1S/C21H28N4O3/c1-3-22-20(27)18-13-19(21(28)23-16-9-11-17(26)12-10-16)25(24-18)14(2)15-7-5-4-6-8-15/h4-8,13-14,16-17,26H,3,9-12H2,1-2H3,(H,22,27)(H,23,28)/t14-,16?,17?/m0/s1. The summed E-state index contributed by atoms with van der Waals surface area (Å²) in [6.07, 6.45) is 2.60. The van der Waals surface area contributed by atoms with Crippen LogP contribution >= 0.6 is 0 Å². The summed E-state index contributed by atoms with van der Waals surface area (Å²) in [7, 11) is 0. The average molecular weight is 384 g/mol. The van der Waals surface area contributed by atoms with Crippen LogP contribution in [0, 0.1) is 0 Å². The number of nitrogens with zero attached hydrogens (tertiary/aromatic N) is 2. The van der Waals surface area contributed by atoms with Gasteiger partial charge in [-0.25, -0.2) is 0 Å². The van der Waals surface area contributed by atoms with Gasteiger partial charge in [-0.3, -0.25) is 14.3 Å². The topological polar surface area (TPSA) is 96.3 Å². The van der Waals surface area contributed by atoms with E-state index in [4.69, 9.17) is 0 Å². The second-order valence-corrected chi connectivity index (χ2v) is 7.28. The van der Waals surface area contributed by atoms with E-state index in [1.54, 1.807) is 10.7 Å². The summed E-state index contributed by atoms with van der Waals surface area (Å²) >= 11 is 0. The van der Waals surface area contributed by atoms with E-state index in [1.807, 2.05) is 44.2 Å². The van der Waals surface area contributed by atoms with Gasteiger partial charge < -0.3 is 15.7 Å². The third-order valence-electron chi connectivity index (χ3n) is 5.22. The fraction of sp³-hybridized carbons (Fsp3) is 0.476. The molecule has 7 heteroatoms. The van der Waals surface area contributed by atoms with Crippen molar-refractivity contribution in [3.63, 3.8) is 0 Å². The van der Waals surface area contributed by atoms with Gasteiger partial charge in [0, 0.05) is 18.7 Å². The first kappa shape index (κ1) is 20.1. The highest BCUT2D eigenvalue weighted by Gasteiger charge is 2.26. The van der Waals surface area contributed by atoms with E-state index in [9.17, 15) is 14.7 Å². The van der Waals surface area contributed by atoms with Gasteiger partial charge in [-0.1, -0.05) is 30.3 Å². The summed E-state index contributed by atoms with van der Waals surface area (Å²) in [4.78, 5) is 25.3. The molecule has 0 aliphatic heterocycles. The van der Waals surface area contributed by atoms with Gasteiger partial charge in [0.15, 0.2) is 5.69 Å². The van der Waals surface area contributed by atoms with Crippen molar-refractivity contribution in [3.05, 3.63) is 53.3 Å². The lowest BCUT2D eigenvalue weighted by Crippen LogP contribution is -2.39. The van der Waals surface area contributed by atoms with Crippen LogP contribution in [0.4, 0.5) is 0 Å². The van der Waals surface area contributed by atoms with Crippen LogP contribution in [-0.4, -0.2) is 45.4 Å². The molecule has 0 radical (unpaired) electrons. The SMILES string of the molecule is CCNC(=O)c1cc(C(=O)NC2CCC(O)CC2)n([C@@H](C)c2ccccc2)n1. The summed E-state index contributed by atoms with van der Waals surface area (Å²) in [6.45, 7) is 4.29. The second kappa shape index (κ2) is 9.01. The molecule has 0 bridgehead atoms. The molecule has 1 aromatic heterocycles. The predicted octanol–water partition coefficient (Wildman–Crippen LogP) is 2.28. The minimum Gasteiger partial charge on any atom is -0.393 e. The molecule has 0 unspecified atom stereocenters. The maximum absolute atomic E-state index is 13.0. The lowest BCUT2D eigenvalue weighted by molar-refractivity contribution is 0.0856. The Morgan fingerprint density at radius 3 is 2.50 bits per heavy atom. The number of rotatable bonds is 6. The Balaban J connectivity index is 1.87. The first-order valence-corrected chi connectivity index (χ1v) is 9.91. The van der Waals surface area contributed by atoms with Crippen molar-refractivity contribution in [1.82, 2.24) is 20.4 Å². The number of hydrogen-bond donors (Lipinski definition) is 3. The number of aromatic nitrogens is 2. The van der Waals surface area contributed by atoms with Crippen molar-refractivity contribution in [2.75, 3.05) is 6.54 Å². The van der Waals surface area contributed by atoms with E-state index < -0.39 is 0 Å². The van der Waals surface area contributed by atoms with E-state index in [0.29, 0.717) is 25.1 Å². The van der Waals surface area contributed by atoms with Gasteiger partial charge in [0.25, 0.3) is 11.8 Å². The molecule has 0 spiro atoms. The van der Waals surface area contributed by atoms with Crippen LogP contribution in [0.25, 0.3) is 0 Å². The molecule has 3 rings (SSSR count). The van der Waals surface area contributed by atoms with E-state index in [2.05, 4.69) is 15.7 Å². The van der Waals surface area contributed by atoms with E-state index in [1.165, 1.54) is 0 Å². The fourth-order valence-electron chi connectivity index (χ4n) is 3.57. The Kier molecular flexibility index (Phi) is 6.46. The third kappa shape index (κ3) is 4.59. The lowest BCUT2D eigenvalue weighted by atomic mass is 9.93. The maximum atomic E-state index is 13.0. The molecule has 7 nitrogen and oxygen atoms in total. The van der Waals surface area contributed by atoms with Gasteiger partial charge in [0.1, 0.15) is 5.69 Å². The monoisotopic (exact) mass is 384 g/mol. The largest absolute Gasteiger partial charge is 0.393 e. The molecule has 150 valence electrons. The number of carbonyl (C=O) groups is 2. The zero-order valence-corrected chi connectivity index (χ0v) is 16.4. The molecule has 28 heavy (non-hydrogen) atoms. The summed E-state index contributed by atoms with van der Waals surface area (Å²) in [5.41, 5.74) is 1.60. The third-order valence-corrected chi connectivity index (χ3v) is 5.22. The molecule has 2 amide bonds. The highest BCUT2D eigenvalue weighted by atomic mass is 16.3. The Bertz CT molecular complexity index is 810. The molecule has 3 N–H and O–H groups in total. The molecule has 1 heterocycles. The van der Waals surface area contributed by atoms with Crippen LogP contribution in [-0.2, 0) is 0 Å². The summed E-state index contributed by atoms with van der Waals surface area (Å²) < 4.78 is 1.62. The fourth-order valence-corrected chi connectivity index (χ4v) is 3.57. The normalized spacial score (nSPS) is 20.4.